The molecule has 1 saturated heterocycles. The zero-order valence-corrected chi connectivity index (χ0v) is 13.3. The Morgan fingerprint density at radius 2 is 1.57 bits per heavy atom. The van der Waals surface area contributed by atoms with Crippen molar-refractivity contribution in [3.8, 4) is 0 Å². The first-order valence-corrected chi connectivity index (χ1v) is 8.22. The van der Waals surface area contributed by atoms with Crippen LogP contribution in [0.1, 0.15) is 15.9 Å². The third kappa shape index (κ3) is 4.30. The molecule has 1 fully saturated rings. The van der Waals surface area contributed by atoms with Gasteiger partial charge in [-0.05, 0) is 23.8 Å². The van der Waals surface area contributed by atoms with Crippen molar-refractivity contribution in [2.75, 3.05) is 32.7 Å². The minimum Gasteiger partial charge on any atom is -0.329 e. The zero-order valence-electron chi connectivity index (χ0n) is 13.3. The van der Waals surface area contributed by atoms with Gasteiger partial charge in [-0.3, -0.25) is 4.79 Å². The van der Waals surface area contributed by atoms with Crippen LogP contribution in [0.2, 0.25) is 0 Å². The number of quaternary nitrogens is 1. The molecule has 1 aliphatic heterocycles. The van der Waals surface area contributed by atoms with E-state index >= 15 is 0 Å². The monoisotopic (exact) mass is 307 g/mol. The molecule has 0 saturated carbocycles. The van der Waals surface area contributed by atoms with E-state index in [1.54, 1.807) is 0 Å². The van der Waals surface area contributed by atoms with Crippen molar-refractivity contribution in [2.24, 2.45) is 0 Å². The highest BCUT2D eigenvalue weighted by Gasteiger charge is 2.23. The summed E-state index contributed by atoms with van der Waals surface area (Å²) in [6.07, 6.45) is 4.41. The Morgan fingerprint density at radius 1 is 0.957 bits per heavy atom. The summed E-state index contributed by atoms with van der Waals surface area (Å²) in [5.41, 5.74) is 2.03. The number of carbonyl (C=O) groups excluding carboxylic acids is 1. The molecule has 3 nitrogen and oxygen atoms in total. The number of benzene rings is 2. The molecule has 0 aromatic heterocycles. The van der Waals surface area contributed by atoms with Crippen LogP contribution in [0.25, 0.3) is 6.08 Å². The van der Waals surface area contributed by atoms with Gasteiger partial charge in [0.15, 0.2) is 0 Å². The summed E-state index contributed by atoms with van der Waals surface area (Å²) in [5, 5.41) is 0. The second-order valence-corrected chi connectivity index (χ2v) is 5.93. The fourth-order valence-electron chi connectivity index (χ4n) is 2.92. The Labute approximate surface area is 137 Å². The van der Waals surface area contributed by atoms with Gasteiger partial charge in [0.05, 0.1) is 32.7 Å². The second-order valence-electron chi connectivity index (χ2n) is 5.93. The minimum absolute atomic E-state index is 0.157. The number of rotatable bonds is 4. The normalized spacial score (nSPS) is 15.9. The van der Waals surface area contributed by atoms with E-state index in [4.69, 9.17) is 0 Å². The van der Waals surface area contributed by atoms with Crippen LogP contribution in [-0.2, 0) is 0 Å². The van der Waals surface area contributed by atoms with Gasteiger partial charge in [0.25, 0.3) is 5.91 Å². The first-order chi connectivity index (χ1) is 11.3. The van der Waals surface area contributed by atoms with Crippen molar-refractivity contribution in [1.29, 1.82) is 0 Å². The number of nitrogens with one attached hydrogen (secondary N) is 1. The van der Waals surface area contributed by atoms with Crippen molar-refractivity contribution in [3.05, 3.63) is 77.9 Å². The Balaban J connectivity index is 1.47. The third-order valence-corrected chi connectivity index (χ3v) is 4.29. The molecule has 0 atom stereocenters. The summed E-state index contributed by atoms with van der Waals surface area (Å²) in [4.78, 5) is 15.9. The van der Waals surface area contributed by atoms with Crippen LogP contribution < -0.4 is 4.90 Å². The number of amides is 1. The first-order valence-electron chi connectivity index (χ1n) is 8.22. The molecule has 0 radical (unpaired) electrons. The summed E-state index contributed by atoms with van der Waals surface area (Å²) in [6, 6.07) is 19.9. The van der Waals surface area contributed by atoms with Crippen molar-refractivity contribution >= 4 is 12.0 Å². The van der Waals surface area contributed by atoms with Crippen LogP contribution in [0.15, 0.2) is 66.7 Å². The predicted molar refractivity (Wildman–Crippen MR) is 93.4 cm³/mol. The second kappa shape index (κ2) is 7.75. The van der Waals surface area contributed by atoms with Gasteiger partial charge in [0.2, 0.25) is 0 Å². The standard InChI is InChI=1S/C20H22N2O/c23-20(19-11-5-2-6-12-19)22-16-14-21(15-17-22)13-7-10-18-8-3-1-4-9-18/h1-12H,13-17H2/p+1/b10-7+. The molecule has 118 valence electrons. The van der Waals surface area contributed by atoms with Gasteiger partial charge in [-0.15, -0.1) is 0 Å². The molecule has 3 heteroatoms. The summed E-state index contributed by atoms with van der Waals surface area (Å²) < 4.78 is 0. The summed E-state index contributed by atoms with van der Waals surface area (Å²) >= 11 is 0. The average Bonchev–Trinajstić information content (AvgIpc) is 2.63. The third-order valence-electron chi connectivity index (χ3n) is 4.29. The maximum absolute atomic E-state index is 12.4. The van der Waals surface area contributed by atoms with Crippen LogP contribution >= 0.6 is 0 Å². The van der Waals surface area contributed by atoms with E-state index in [2.05, 4.69) is 36.4 Å². The number of hydrogen-bond acceptors (Lipinski definition) is 1. The van der Waals surface area contributed by atoms with E-state index in [0.29, 0.717) is 0 Å². The summed E-state index contributed by atoms with van der Waals surface area (Å²) in [5.74, 6) is 0.157. The lowest BCUT2D eigenvalue weighted by molar-refractivity contribution is -0.898. The van der Waals surface area contributed by atoms with E-state index in [0.717, 1.165) is 38.3 Å². The Hall–Kier alpha value is -2.39. The number of carbonyl (C=O) groups is 1. The van der Waals surface area contributed by atoms with E-state index < -0.39 is 0 Å². The Kier molecular flexibility index (Phi) is 5.22. The molecule has 0 unspecified atom stereocenters. The zero-order chi connectivity index (χ0) is 15.9. The van der Waals surface area contributed by atoms with Crippen LogP contribution in [-0.4, -0.2) is 43.5 Å². The maximum Gasteiger partial charge on any atom is 0.254 e. The van der Waals surface area contributed by atoms with Crippen LogP contribution in [0, 0.1) is 0 Å². The molecule has 1 aliphatic rings. The van der Waals surface area contributed by atoms with E-state index in [1.807, 2.05) is 41.3 Å². The van der Waals surface area contributed by atoms with E-state index in [-0.39, 0.29) is 5.91 Å². The lowest BCUT2D eigenvalue weighted by atomic mass is 10.2. The Bertz CT molecular complexity index is 644. The lowest BCUT2D eigenvalue weighted by Gasteiger charge is -2.31. The van der Waals surface area contributed by atoms with E-state index in [9.17, 15) is 4.79 Å². The average molecular weight is 307 g/mol. The van der Waals surface area contributed by atoms with Crippen molar-refractivity contribution in [3.63, 3.8) is 0 Å². The van der Waals surface area contributed by atoms with Crippen LogP contribution in [0.3, 0.4) is 0 Å². The molecular formula is C20H23N2O+. The fourth-order valence-corrected chi connectivity index (χ4v) is 2.92. The molecule has 1 heterocycles. The van der Waals surface area contributed by atoms with Crippen molar-refractivity contribution in [2.45, 2.75) is 0 Å². The molecule has 23 heavy (non-hydrogen) atoms. The first kappa shape index (κ1) is 15.5. The largest absolute Gasteiger partial charge is 0.329 e. The predicted octanol–water partition coefficient (Wildman–Crippen LogP) is 1.74. The minimum atomic E-state index is 0.157. The molecule has 3 rings (SSSR count). The number of piperazine rings is 1. The number of hydrogen-bond donors (Lipinski definition) is 1. The van der Waals surface area contributed by atoms with Gasteiger partial charge in [-0.25, -0.2) is 0 Å². The van der Waals surface area contributed by atoms with Crippen molar-refractivity contribution < 1.29 is 9.69 Å². The van der Waals surface area contributed by atoms with Gasteiger partial charge in [-0.2, -0.15) is 0 Å². The smallest absolute Gasteiger partial charge is 0.254 e. The van der Waals surface area contributed by atoms with Gasteiger partial charge in [0, 0.05) is 5.56 Å². The summed E-state index contributed by atoms with van der Waals surface area (Å²) in [6.45, 7) is 4.71. The van der Waals surface area contributed by atoms with Gasteiger partial charge in [-0.1, -0.05) is 54.6 Å². The summed E-state index contributed by atoms with van der Waals surface area (Å²) in [7, 11) is 0. The molecule has 0 aliphatic carbocycles. The molecule has 1 N–H and O–H groups in total. The topological polar surface area (TPSA) is 24.8 Å². The molecule has 2 aromatic carbocycles. The highest BCUT2D eigenvalue weighted by Crippen LogP contribution is 2.04. The van der Waals surface area contributed by atoms with Crippen LogP contribution in [0.5, 0.6) is 0 Å². The molecular weight excluding hydrogens is 284 g/mol. The quantitative estimate of drug-likeness (QED) is 0.914. The van der Waals surface area contributed by atoms with Crippen LogP contribution in [0.4, 0.5) is 0 Å². The lowest BCUT2D eigenvalue weighted by Crippen LogP contribution is -3.14. The molecule has 2 aromatic rings. The van der Waals surface area contributed by atoms with Crippen molar-refractivity contribution in [1.82, 2.24) is 4.90 Å². The highest BCUT2D eigenvalue weighted by molar-refractivity contribution is 5.94. The maximum atomic E-state index is 12.4. The number of nitrogens with zero attached hydrogens (tertiary/aromatic N) is 1. The van der Waals surface area contributed by atoms with Gasteiger partial charge in [0.1, 0.15) is 0 Å². The Morgan fingerprint density at radius 3 is 2.22 bits per heavy atom. The van der Waals surface area contributed by atoms with Gasteiger partial charge < -0.3 is 9.80 Å². The highest BCUT2D eigenvalue weighted by atomic mass is 16.2. The SMILES string of the molecule is O=C(c1ccccc1)N1CC[NH+](C/C=C/c2ccccc2)CC1. The molecule has 1 amide bonds. The van der Waals surface area contributed by atoms with Gasteiger partial charge >= 0.3 is 0 Å². The molecule has 0 spiro atoms. The van der Waals surface area contributed by atoms with E-state index in [1.165, 1.54) is 10.5 Å². The molecule has 0 bridgehead atoms. The fraction of sp³-hybridized carbons (Fsp3) is 0.250.